The Morgan fingerprint density at radius 2 is 1.39 bits per heavy atom. The van der Waals surface area contributed by atoms with E-state index in [4.69, 9.17) is 14.2 Å². The van der Waals surface area contributed by atoms with E-state index >= 15 is 0 Å². The van der Waals surface area contributed by atoms with Crippen LogP contribution in [0.5, 0.6) is 17.2 Å². The molecule has 1 heterocycles. The van der Waals surface area contributed by atoms with Crippen molar-refractivity contribution in [2.75, 3.05) is 34.9 Å². The maximum absolute atomic E-state index is 13.5. The fraction of sp³-hybridized carbons (Fsp3) is 0.355. The summed E-state index contributed by atoms with van der Waals surface area (Å²) in [5.41, 5.74) is 4.11. The van der Waals surface area contributed by atoms with Gasteiger partial charge >= 0.3 is 0 Å². The van der Waals surface area contributed by atoms with Gasteiger partial charge in [-0.1, -0.05) is 54.6 Å². The van der Waals surface area contributed by atoms with Gasteiger partial charge in [-0.3, -0.25) is 9.59 Å². The topological polar surface area (TPSA) is 68.3 Å². The number of ether oxygens (including phenoxy) is 3. The normalized spacial score (nSPS) is 17.5. The molecule has 0 N–H and O–H groups in total. The van der Waals surface area contributed by atoms with Crippen molar-refractivity contribution in [3.05, 3.63) is 77.9 Å². The summed E-state index contributed by atoms with van der Waals surface area (Å²) >= 11 is 0. The van der Waals surface area contributed by atoms with Gasteiger partial charge in [-0.25, -0.2) is 0 Å². The van der Waals surface area contributed by atoms with Crippen molar-refractivity contribution < 1.29 is 23.8 Å². The van der Waals surface area contributed by atoms with Crippen molar-refractivity contribution in [1.29, 1.82) is 0 Å². The molecule has 200 valence electrons. The lowest BCUT2D eigenvalue weighted by Crippen LogP contribution is -2.63. The number of likely N-dealkylation sites (N-methyl/N-ethyl adjacent to an activating group) is 1. The van der Waals surface area contributed by atoms with Gasteiger partial charge in [0.25, 0.3) is 0 Å². The number of carbonyl (C=O) groups excluding carboxylic acids is 2. The molecule has 1 saturated heterocycles. The molecule has 2 atom stereocenters. The van der Waals surface area contributed by atoms with Crippen molar-refractivity contribution in [3.8, 4) is 28.4 Å². The molecule has 1 fully saturated rings. The quantitative estimate of drug-likeness (QED) is 0.394. The zero-order valence-electron chi connectivity index (χ0n) is 22.8. The molecule has 4 rings (SSSR count). The molecule has 38 heavy (non-hydrogen) atoms. The molecule has 0 aromatic heterocycles. The van der Waals surface area contributed by atoms with E-state index < -0.39 is 12.1 Å². The lowest BCUT2D eigenvalue weighted by atomic mass is 9.96. The highest BCUT2D eigenvalue weighted by molar-refractivity contribution is 5.96. The minimum Gasteiger partial charge on any atom is -0.493 e. The highest BCUT2D eigenvalue weighted by Gasteiger charge is 2.41. The highest BCUT2D eigenvalue weighted by atomic mass is 16.5. The molecule has 0 bridgehead atoms. The summed E-state index contributed by atoms with van der Waals surface area (Å²) in [7, 11) is 6.49. The van der Waals surface area contributed by atoms with Gasteiger partial charge in [0, 0.05) is 20.0 Å². The van der Waals surface area contributed by atoms with Gasteiger partial charge < -0.3 is 24.0 Å². The van der Waals surface area contributed by atoms with E-state index in [0.29, 0.717) is 30.2 Å². The number of carbonyl (C=O) groups is 2. The van der Waals surface area contributed by atoms with Crippen molar-refractivity contribution in [2.24, 2.45) is 0 Å². The molecule has 0 radical (unpaired) electrons. The van der Waals surface area contributed by atoms with Crippen molar-refractivity contribution in [1.82, 2.24) is 9.80 Å². The first-order chi connectivity index (χ1) is 18.4. The summed E-state index contributed by atoms with van der Waals surface area (Å²) < 4.78 is 16.4. The average molecular weight is 517 g/mol. The number of nitrogens with zero attached hydrogens (tertiary/aromatic N) is 2. The molecule has 2 amide bonds. The number of aryl methyl sites for hydroxylation is 1. The molecule has 0 spiro atoms. The van der Waals surface area contributed by atoms with Crippen LogP contribution in [-0.2, 0) is 22.4 Å². The summed E-state index contributed by atoms with van der Waals surface area (Å²) in [6, 6.07) is 21.1. The minimum absolute atomic E-state index is 0.00126. The smallest absolute Gasteiger partial charge is 0.246 e. The van der Waals surface area contributed by atoms with Gasteiger partial charge in [0.05, 0.1) is 21.3 Å². The first kappa shape index (κ1) is 27.0. The van der Waals surface area contributed by atoms with Gasteiger partial charge in [-0.05, 0) is 54.2 Å². The van der Waals surface area contributed by atoms with Crippen LogP contribution in [0.3, 0.4) is 0 Å². The Bertz CT molecular complexity index is 1230. The van der Waals surface area contributed by atoms with E-state index in [9.17, 15) is 9.59 Å². The Kier molecular flexibility index (Phi) is 8.56. The molecule has 1 aliphatic rings. The number of hydrogen-bond donors (Lipinski definition) is 0. The third-order valence-corrected chi connectivity index (χ3v) is 7.30. The summed E-state index contributed by atoms with van der Waals surface area (Å²) in [6.07, 6.45) is 2.14. The lowest BCUT2D eigenvalue weighted by Gasteiger charge is -2.42. The number of methoxy groups -OCH3 is 3. The lowest BCUT2D eigenvalue weighted by molar-refractivity contribution is -0.159. The monoisotopic (exact) mass is 516 g/mol. The predicted octanol–water partition coefficient (Wildman–Crippen LogP) is 4.61. The summed E-state index contributed by atoms with van der Waals surface area (Å²) in [5.74, 6) is 1.69. The maximum Gasteiger partial charge on any atom is 0.246 e. The van der Waals surface area contributed by atoms with Crippen LogP contribution >= 0.6 is 0 Å². The van der Waals surface area contributed by atoms with Crippen LogP contribution in [0.15, 0.2) is 66.7 Å². The Morgan fingerprint density at radius 1 is 0.763 bits per heavy atom. The van der Waals surface area contributed by atoms with Gasteiger partial charge in [-0.15, -0.1) is 0 Å². The molecule has 1 aliphatic heterocycles. The maximum atomic E-state index is 13.5. The van der Waals surface area contributed by atoms with Crippen LogP contribution < -0.4 is 14.2 Å². The summed E-state index contributed by atoms with van der Waals surface area (Å²) in [6.45, 7) is 2.38. The number of hydrogen-bond acceptors (Lipinski definition) is 5. The molecular weight excluding hydrogens is 480 g/mol. The second kappa shape index (κ2) is 12.0. The van der Waals surface area contributed by atoms with Crippen molar-refractivity contribution in [3.63, 3.8) is 0 Å². The van der Waals surface area contributed by atoms with Crippen LogP contribution in [-0.4, -0.2) is 68.6 Å². The van der Waals surface area contributed by atoms with E-state index in [-0.39, 0.29) is 11.8 Å². The van der Waals surface area contributed by atoms with E-state index in [1.165, 1.54) is 5.56 Å². The van der Waals surface area contributed by atoms with E-state index in [0.717, 1.165) is 29.5 Å². The van der Waals surface area contributed by atoms with Crippen molar-refractivity contribution in [2.45, 2.75) is 38.3 Å². The number of rotatable bonds is 10. The molecular formula is C31H36N2O5. The number of piperazine rings is 1. The number of benzene rings is 3. The fourth-order valence-corrected chi connectivity index (χ4v) is 5.06. The molecule has 0 aliphatic carbocycles. The van der Waals surface area contributed by atoms with Crippen LogP contribution in [0, 0.1) is 0 Å². The Morgan fingerprint density at radius 3 is 1.97 bits per heavy atom. The van der Waals surface area contributed by atoms with Crippen LogP contribution in [0.4, 0.5) is 0 Å². The molecule has 7 heteroatoms. The van der Waals surface area contributed by atoms with Gasteiger partial charge in [-0.2, -0.15) is 0 Å². The predicted molar refractivity (Wildman–Crippen MR) is 148 cm³/mol. The molecule has 0 saturated carbocycles. The Balaban J connectivity index is 1.48. The standard InChI is InChI=1S/C31H36N2O5/c1-21-30(34)32(2)26(31(35)33(21)17-9-12-22-10-7-6-8-11-22)18-23-13-15-24(16-14-23)25-19-27(36-3)29(38-5)28(20-25)37-4/h6-8,10-11,13-16,19-21,26H,9,12,17-18H2,1-5H3/t21-,26?/m0/s1. The summed E-state index contributed by atoms with van der Waals surface area (Å²) in [5, 5.41) is 0. The average Bonchev–Trinajstić information content (AvgIpc) is 2.96. The second-order valence-corrected chi connectivity index (χ2v) is 9.58. The molecule has 3 aromatic carbocycles. The Labute approximate surface area is 224 Å². The zero-order chi connectivity index (χ0) is 27.2. The number of amides is 2. The first-order valence-corrected chi connectivity index (χ1v) is 12.9. The molecule has 3 aromatic rings. The highest BCUT2D eigenvalue weighted by Crippen LogP contribution is 2.41. The van der Waals surface area contributed by atoms with E-state index in [2.05, 4.69) is 12.1 Å². The third-order valence-electron chi connectivity index (χ3n) is 7.30. The zero-order valence-corrected chi connectivity index (χ0v) is 22.8. The van der Waals surface area contributed by atoms with Crippen LogP contribution in [0.25, 0.3) is 11.1 Å². The fourth-order valence-electron chi connectivity index (χ4n) is 5.06. The van der Waals surface area contributed by atoms with Gasteiger partial charge in [0.2, 0.25) is 17.6 Å². The van der Waals surface area contributed by atoms with E-state index in [1.54, 1.807) is 38.2 Å². The van der Waals surface area contributed by atoms with Gasteiger partial charge in [0.15, 0.2) is 11.5 Å². The van der Waals surface area contributed by atoms with Crippen LogP contribution in [0.1, 0.15) is 24.5 Å². The van der Waals surface area contributed by atoms with E-state index in [1.807, 2.05) is 61.5 Å². The Hall–Kier alpha value is -4.00. The largest absolute Gasteiger partial charge is 0.493 e. The summed E-state index contributed by atoms with van der Waals surface area (Å²) in [4.78, 5) is 29.9. The second-order valence-electron chi connectivity index (χ2n) is 9.58. The molecule has 1 unspecified atom stereocenters. The molecule has 7 nitrogen and oxygen atoms in total. The van der Waals surface area contributed by atoms with Crippen molar-refractivity contribution >= 4 is 11.8 Å². The minimum atomic E-state index is -0.526. The van der Waals surface area contributed by atoms with Gasteiger partial charge in [0.1, 0.15) is 12.1 Å². The SMILES string of the molecule is COc1cc(-c2ccc(CC3C(=O)N(CCCc4ccccc4)[C@@H](C)C(=O)N3C)cc2)cc(OC)c1OC. The first-order valence-electron chi connectivity index (χ1n) is 12.9. The van der Waals surface area contributed by atoms with Crippen LogP contribution in [0.2, 0.25) is 0 Å². The third kappa shape index (κ3) is 5.62.